The molecule has 0 aromatic heterocycles. The number of likely N-dealkylation sites (N-methyl/N-ethyl adjacent to an activating group) is 1. The van der Waals surface area contributed by atoms with Crippen LogP contribution in [0.15, 0.2) is 0 Å². The van der Waals surface area contributed by atoms with Crippen molar-refractivity contribution in [3.05, 3.63) is 0 Å². The van der Waals surface area contributed by atoms with E-state index in [0.717, 1.165) is 0 Å². The molecule has 3 fully saturated rings. The molecular formula is C40H73NO13. The first-order valence-corrected chi connectivity index (χ1v) is 19.8. The first-order valence-electron chi connectivity index (χ1n) is 19.8. The third-order valence-corrected chi connectivity index (χ3v) is 13.3. The van der Waals surface area contributed by atoms with Gasteiger partial charge in [-0.1, -0.05) is 34.6 Å². The molecule has 14 heteroatoms. The minimum absolute atomic E-state index is 0.108. The lowest BCUT2D eigenvalue weighted by molar-refractivity contribution is -0.338. The Morgan fingerprint density at radius 1 is 0.870 bits per heavy atom. The molecule has 0 aliphatic carbocycles. The first kappa shape index (κ1) is 47.1. The Morgan fingerprint density at radius 3 is 2.00 bits per heavy atom. The van der Waals surface area contributed by atoms with Crippen LogP contribution >= 0.6 is 0 Å². The number of hydrogen-bond acceptors (Lipinski definition) is 14. The minimum atomic E-state index is -1.97. The quantitative estimate of drug-likeness (QED) is 0.251. The van der Waals surface area contributed by atoms with Gasteiger partial charge in [-0.25, -0.2) is 0 Å². The molecule has 16 unspecified atom stereocenters. The van der Waals surface area contributed by atoms with Crippen molar-refractivity contribution in [3.63, 3.8) is 0 Å². The number of ketones is 1. The number of ether oxygens (including phenoxy) is 7. The molecule has 3 saturated heterocycles. The molecule has 4 N–H and O–H groups in total. The number of rotatable bonds is 9. The van der Waals surface area contributed by atoms with Crippen LogP contribution < -0.4 is 0 Å². The topological polar surface area (TPSA) is 183 Å². The number of cyclic esters (lactones) is 1. The third-order valence-electron chi connectivity index (χ3n) is 13.3. The van der Waals surface area contributed by atoms with Crippen molar-refractivity contribution >= 4 is 11.8 Å². The predicted octanol–water partition coefficient (Wildman–Crippen LogP) is 3.22. The summed E-state index contributed by atoms with van der Waals surface area (Å²) in [6.07, 6.45) is -7.54. The molecule has 3 heterocycles. The molecule has 0 amide bonds. The molecule has 0 aromatic carbocycles. The molecule has 0 aromatic rings. The maximum Gasteiger partial charge on any atom is 0.311 e. The Labute approximate surface area is 323 Å². The Hall–Kier alpha value is -1.30. The van der Waals surface area contributed by atoms with Crippen LogP contribution in [0.25, 0.3) is 0 Å². The summed E-state index contributed by atoms with van der Waals surface area (Å²) >= 11 is 0. The van der Waals surface area contributed by atoms with Gasteiger partial charge in [-0.2, -0.15) is 0 Å². The average Bonchev–Trinajstić information content (AvgIpc) is 3.12. The summed E-state index contributed by atoms with van der Waals surface area (Å²) in [6.45, 7) is 19.0. The van der Waals surface area contributed by atoms with Gasteiger partial charge < -0.3 is 58.5 Å². The van der Waals surface area contributed by atoms with Crippen molar-refractivity contribution in [1.82, 2.24) is 4.90 Å². The number of aliphatic hydroxyl groups is 4. The molecule has 54 heavy (non-hydrogen) atoms. The highest BCUT2D eigenvalue weighted by Crippen LogP contribution is 2.45. The highest BCUT2D eigenvalue weighted by molar-refractivity contribution is 5.83. The average molecular weight is 776 g/mol. The van der Waals surface area contributed by atoms with Crippen LogP contribution in [0, 0.1) is 23.7 Å². The lowest BCUT2D eigenvalue weighted by atomic mass is 9.73. The number of esters is 1. The van der Waals surface area contributed by atoms with Crippen LogP contribution in [0.1, 0.15) is 108 Å². The number of aliphatic hydroxyl groups excluding tert-OH is 2. The van der Waals surface area contributed by atoms with E-state index in [1.54, 1.807) is 48.5 Å². The molecule has 3 aliphatic rings. The van der Waals surface area contributed by atoms with Crippen LogP contribution in [0.2, 0.25) is 0 Å². The van der Waals surface area contributed by atoms with E-state index in [-0.39, 0.29) is 37.2 Å². The maximum atomic E-state index is 14.3. The summed E-state index contributed by atoms with van der Waals surface area (Å²) in [5.74, 6) is -4.50. The van der Waals surface area contributed by atoms with Crippen molar-refractivity contribution in [3.8, 4) is 0 Å². The smallest absolute Gasteiger partial charge is 0.311 e. The lowest BCUT2D eigenvalue weighted by Gasteiger charge is -2.53. The van der Waals surface area contributed by atoms with Gasteiger partial charge >= 0.3 is 5.97 Å². The van der Waals surface area contributed by atoms with Crippen molar-refractivity contribution in [2.45, 2.75) is 192 Å². The number of Topliss-reactive ketones (excluding diaryl/α,β-unsaturated/α-hetero) is 1. The van der Waals surface area contributed by atoms with Crippen LogP contribution in [0.4, 0.5) is 0 Å². The van der Waals surface area contributed by atoms with Crippen molar-refractivity contribution in [1.29, 1.82) is 0 Å². The molecule has 14 nitrogen and oxygen atoms in total. The second kappa shape index (κ2) is 18.1. The molecule has 3 aliphatic heterocycles. The standard InChI is InChI=1S/C40H73NO13/c1-16-28-39(11,46)33(44)23(5)30(42)21(3)19-37(9,48-14)34(54-36-31(43)27(41(12)13)18-22(4)50-36)24(6)32(25(7)35(45)52-28)53-29-20-38(10,49-15)40(47,17-2)26(8)51-29/h21-29,31-34,36,43-44,46-47H,16-20H2,1-15H3/t21?,22?,23?,24?,25?,26?,27?,28-,29?,31?,32?,33?,34?,36?,37?,38?,39?,40-/m1/s1. The third kappa shape index (κ3) is 9.20. The van der Waals surface area contributed by atoms with E-state index in [9.17, 15) is 30.0 Å². The van der Waals surface area contributed by atoms with Crippen LogP contribution in [0.5, 0.6) is 0 Å². The zero-order valence-corrected chi connectivity index (χ0v) is 35.5. The molecule has 0 radical (unpaired) electrons. The maximum absolute atomic E-state index is 14.3. The normalized spacial score (nSPS) is 49.0. The summed E-state index contributed by atoms with van der Waals surface area (Å²) in [6, 6.07) is -0.287. The number of carbonyl (C=O) groups is 2. The monoisotopic (exact) mass is 776 g/mol. The van der Waals surface area contributed by atoms with Gasteiger partial charge in [0.2, 0.25) is 0 Å². The predicted molar refractivity (Wildman–Crippen MR) is 200 cm³/mol. The summed E-state index contributed by atoms with van der Waals surface area (Å²) in [5, 5.41) is 46.5. The fraction of sp³-hybridized carbons (Fsp3) is 0.950. The van der Waals surface area contributed by atoms with Gasteiger partial charge in [0, 0.05) is 44.4 Å². The van der Waals surface area contributed by atoms with Crippen LogP contribution in [-0.4, -0.2) is 149 Å². The van der Waals surface area contributed by atoms with Gasteiger partial charge in [-0.15, -0.1) is 0 Å². The van der Waals surface area contributed by atoms with Gasteiger partial charge in [-0.3, -0.25) is 9.59 Å². The number of methoxy groups -OCH3 is 2. The van der Waals surface area contributed by atoms with E-state index in [1.165, 1.54) is 21.1 Å². The highest BCUT2D eigenvalue weighted by Gasteiger charge is 2.58. The van der Waals surface area contributed by atoms with Gasteiger partial charge in [-0.05, 0) is 81.3 Å². The Morgan fingerprint density at radius 2 is 1.48 bits per heavy atom. The van der Waals surface area contributed by atoms with Crippen molar-refractivity contribution < 1.29 is 63.2 Å². The second-order valence-corrected chi connectivity index (χ2v) is 17.3. The van der Waals surface area contributed by atoms with Crippen LogP contribution in [-0.2, 0) is 42.7 Å². The fourth-order valence-corrected chi connectivity index (χ4v) is 9.31. The SMILES string of the molecule is CC[C@H]1OC(=O)C(C)C(OC2CC(C)(OC)[C@@](O)(CC)C(C)O2)C(C)C(OC2OC(C)CC(N(C)C)C2O)C(C)(OC)CC(C)C(=O)C(C)C(O)C1(C)O. The van der Waals surface area contributed by atoms with E-state index in [1.807, 2.05) is 39.8 Å². The van der Waals surface area contributed by atoms with Gasteiger partial charge in [0.1, 0.15) is 34.8 Å². The fourth-order valence-electron chi connectivity index (χ4n) is 9.31. The molecule has 316 valence electrons. The van der Waals surface area contributed by atoms with Gasteiger partial charge in [0.15, 0.2) is 12.6 Å². The van der Waals surface area contributed by atoms with E-state index >= 15 is 0 Å². The summed E-state index contributed by atoms with van der Waals surface area (Å²) in [7, 11) is 6.80. The van der Waals surface area contributed by atoms with E-state index < -0.39 is 101 Å². The number of hydrogen-bond donors (Lipinski definition) is 4. The van der Waals surface area contributed by atoms with Crippen LogP contribution in [0.3, 0.4) is 0 Å². The molecule has 3 rings (SSSR count). The molecule has 0 saturated carbocycles. The number of nitrogens with zero attached hydrogens (tertiary/aromatic N) is 1. The van der Waals surface area contributed by atoms with E-state index in [0.29, 0.717) is 12.8 Å². The minimum Gasteiger partial charge on any atom is -0.459 e. The molecule has 0 bridgehead atoms. The van der Waals surface area contributed by atoms with Gasteiger partial charge in [0.25, 0.3) is 0 Å². The summed E-state index contributed by atoms with van der Waals surface area (Å²) in [4.78, 5) is 30.2. The summed E-state index contributed by atoms with van der Waals surface area (Å²) < 4.78 is 44.5. The summed E-state index contributed by atoms with van der Waals surface area (Å²) in [5.41, 5.74) is -5.65. The number of carbonyl (C=O) groups excluding carboxylic acids is 2. The van der Waals surface area contributed by atoms with Crippen molar-refractivity contribution in [2.75, 3.05) is 28.3 Å². The van der Waals surface area contributed by atoms with Crippen molar-refractivity contribution in [2.24, 2.45) is 23.7 Å². The van der Waals surface area contributed by atoms with E-state index in [4.69, 9.17) is 33.2 Å². The largest absolute Gasteiger partial charge is 0.459 e. The Kier molecular flexibility index (Phi) is 15.8. The molecule has 18 atom stereocenters. The zero-order chi connectivity index (χ0) is 41.3. The van der Waals surface area contributed by atoms with Gasteiger partial charge in [0.05, 0.1) is 42.0 Å². The first-order chi connectivity index (χ1) is 24.9. The zero-order valence-electron chi connectivity index (χ0n) is 35.5. The molecule has 0 spiro atoms. The van der Waals surface area contributed by atoms with E-state index in [2.05, 4.69) is 0 Å². The Bertz CT molecular complexity index is 1250. The highest BCUT2D eigenvalue weighted by atomic mass is 16.7. The Balaban J connectivity index is 2.24. The molecular weight excluding hydrogens is 702 g/mol. The second-order valence-electron chi connectivity index (χ2n) is 17.3. The lowest BCUT2D eigenvalue weighted by Crippen LogP contribution is -2.66.